The molecule has 0 aliphatic rings. The van der Waals surface area contributed by atoms with Crippen molar-refractivity contribution in [3.05, 3.63) is 64.8 Å². The summed E-state index contributed by atoms with van der Waals surface area (Å²) in [5.74, 6) is -0.528. The molecule has 0 unspecified atom stereocenters. The van der Waals surface area contributed by atoms with Gasteiger partial charge in [-0.05, 0) is 39.7 Å². The fourth-order valence-electron chi connectivity index (χ4n) is 2.59. The molecule has 0 fully saturated rings. The van der Waals surface area contributed by atoms with Crippen molar-refractivity contribution in [3.63, 3.8) is 0 Å². The maximum Gasteiger partial charge on any atom is 0.255 e. The Kier molecular flexibility index (Phi) is 7.21. The van der Waals surface area contributed by atoms with Crippen molar-refractivity contribution in [3.8, 4) is 17.0 Å². The minimum Gasteiger partial charge on any atom is -0.484 e. The minimum atomic E-state index is -1.12. The minimum absolute atomic E-state index is 0.121. The Labute approximate surface area is 180 Å². The van der Waals surface area contributed by atoms with Gasteiger partial charge in [0, 0.05) is 20.9 Å². The molecular weight excluding hydrogens is 453 g/mol. The lowest BCUT2D eigenvalue weighted by Crippen LogP contribution is -2.22. The van der Waals surface area contributed by atoms with Gasteiger partial charge in [0.2, 0.25) is 0 Å². The lowest BCUT2D eigenvalue weighted by Gasteiger charge is -2.15. The van der Waals surface area contributed by atoms with Gasteiger partial charge in [-0.3, -0.25) is 0 Å². The molecule has 0 saturated carbocycles. The van der Waals surface area contributed by atoms with Crippen molar-refractivity contribution in [2.75, 3.05) is 6.61 Å². The Bertz CT molecular complexity index is 945. The maximum atomic E-state index is 14.4. The first-order valence-electron chi connectivity index (χ1n) is 9.46. The van der Waals surface area contributed by atoms with E-state index in [1.54, 1.807) is 23.0 Å². The van der Waals surface area contributed by atoms with Crippen LogP contribution in [0.4, 0.5) is 4.39 Å². The Morgan fingerprint density at radius 2 is 1.86 bits per heavy atom. The molecule has 0 aliphatic carbocycles. The smallest absolute Gasteiger partial charge is 0.255 e. The van der Waals surface area contributed by atoms with Gasteiger partial charge >= 0.3 is 0 Å². The van der Waals surface area contributed by atoms with Gasteiger partial charge in [-0.15, -0.1) is 0 Å². The van der Waals surface area contributed by atoms with E-state index in [4.69, 9.17) is 9.47 Å². The SMILES string of the molecule is C[Si](C)(C)CCOCn1cc(-c2ccc(OCc3ccccc3)c(F)n2)c(Br)n1. The number of halogens is 2. The van der Waals surface area contributed by atoms with Crippen LogP contribution in [-0.4, -0.2) is 29.4 Å². The average Bonchev–Trinajstić information content (AvgIpc) is 3.05. The van der Waals surface area contributed by atoms with Crippen LogP contribution in [0.2, 0.25) is 25.7 Å². The zero-order chi connectivity index (χ0) is 20.9. The van der Waals surface area contributed by atoms with Crippen molar-refractivity contribution in [1.82, 2.24) is 14.8 Å². The molecule has 3 rings (SSSR count). The largest absolute Gasteiger partial charge is 0.484 e. The van der Waals surface area contributed by atoms with Gasteiger partial charge in [0.05, 0.1) is 11.3 Å². The number of hydrogen-bond donors (Lipinski definition) is 0. The molecule has 5 nitrogen and oxygen atoms in total. The standard InChI is InChI=1S/C21H25BrFN3O2Si/c1-29(2,3)12-11-27-15-26-13-17(20(22)25-26)18-9-10-19(21(23)24-18)28-14-16-7-5-4-6-8-16/h4-10,13H,11-12,14-15H2,1-3H3. The number of aromatic nitrogens is 3. The zero-order valence-corrected chi connectivity index (χ0v) is 19.4. The van der Waals surface area contributed by atoms with Crippen LogP contribution in [0.3, 0.4) is 0 Å². The number of benzene rings is 1. The quantitative estimate of drug-likeness (QED) is 0.224. The van der Waals surface area contributed by atoms with E-state index < -0.39 is 14.0 Å². The van der Waals surface area contributed by atoms with E-state index in [0.717, 1.165) is 11.6 Å². The van der Waals surface area contributed by atoms with Crippen molar-refractivity contribution in [2.45, 2.75) is 39.0 Å². The highest BCUT2D eigenvalue weighted by molar-refractivity contribution is 9.10. The monoisotopic (exact) mass is 477 g/mol. The van der Waals surface area contributed by atoms with Gasteiger partial charge in [0.25, 0.3) is 5.95 Å². The van der Waals surface area contributed by atoms with Gasteiger partial charge in [-0.2, -0.15) is 9.49 Å². The first-order chi connectivity index (χ1) is 13.8. The third-order valence-electron chi connectivity index (χ3n) is 4.26. The second-order valence-corrected chi connectivity index (χ2v) is 14.4. The van der Waals surface area contributed by atoms with E-state index >= 15 is 0 Å². The summed E-state index contributed by atoms with van der Waals surface area (Å²) >= 11 is 3.42. The van der Waals surface area contributed by atoms with Crippen LogP contribution in [0.1, 0.15) is 5.56 Å². The van der Waals surface area contributed by atoms with Crippen LogP contribution in [-0.2, 0) is 18.1 Å². The van der Waals surface area contributed by atoms with Gasteiger partial charge < -0.3 is 9.47 Å². The third-order valence-corrected chi connectivity index (χ3v) is 6.55. The molecule has 2 heterocycles. The molecular formula is C21H25BrFN3O2Si. The number of nitrogens with zero attached hydrogens (tertiary/aromatic N) is 3. The van der Waals surface area contributed by atoms with Gasteiger partial charge in [-0.25, -0.2) is 9.67 Å². The van der Waals surface area contributed by atoms with Crippen LogP contribution in [0.15, 0.2) is 53.3 Å². The number of pyridine rings is 1. The highest BCUT2D eigenvalue weighted by Gasteiger charge is 2.15. The molecule has 0 atom stereocenters. The molecule has 0 N–H and O–H groups in total. The summed E-state index contributed by atoms with van der Waals surface area (Å²) in [6.45, 7) is 8.28. The number of rotatable bonds is 9. The zero-order valence-electron chi connectivity index (χ0n) is 16.9. The molecule has 2 aromatic heterocycles. The van der Waals surface area contributed by atoms with Gasteiger partial charge in [0.15, 0.2) is 5.75 Å². The molecule has 0 aliphatic heterocycles. The van der Waals surface area contributed by atoms with Crippen molar-refractivity contribution >= 4 is 24.0 Å². The summed E-state index contributed by atoms with van der Waals surface area (Å²) < 4.78 is 28.0. The van der Waals surface area contributed by atoms with E-state index in [1.165, 1.54) is 0 Å². The summed E-state index contributed by atoms with van der Waals surface area (Å²) in [4.78, 5) is 4.05. The lowest BCUT2D eigenvalue weighted by atomic mass is 10.2. The predicted molar refractivity (Wildman–Crippen MR) is 118 cm³/mol. The highest BCUT2D eigenvalue weighted by atomic mass is 79.9. The molecule has 154 valence electrons. The second-order valence-electron chi connectivity index (χ2n) is 7.98. The van der Waals surface area contributed by atoms with Crippen LogP contribution in [0.25, 0.3) is 11.3 Å². The van der Waals surface area contributed by atoms with Crippen molar-refractivity contribution < 1.29 is 13.9 Å². The van der Waals surface area contributed by atoms with Gasteiger partial charge in [-0.1, -0.05) is 50.0 Å². The molecule has 3 aromatic rings. The molecule has 8 heteroatoms. The fraction of sp³-hybridized carbons (Fsp3) is 0.333. The molecule has 0 radical (unpaired) electrons. The van der Waals surface area contributed by atoms with Crippen LogP contribution in [0, 0.1) is 5.95 Å². The molecule has 0 amide bonds. The third kappa shape index (κ3) is 6.48. The van der Waals surface area contributed by atoms with E-state index in [2.05, 4.69) is 45.7 Å². The molecule has 0 saturated heterocycles. The summed E-state index contributed by atoms with van der Waals surface area (Å²) in [6, 6.07) is 14.0. The van der Waals surface area contributed by atoms with E-state index in [-0.39, 0.29) is 12.4 Å². The predicted octanol–water partition coefficient (Wildman–Crippen LogP) is 5.74. The number of hydrogen-bond acceptors (Lipinski definition) is 4. The Hall–Kier alpha value is -2.03. The molecule has 1 aromatic carbocycles. The first kappa shape index (κ1) is 21.7. The summed E-state index contributed by atoms with van der Waals surface area (Å²) in [5.41, 5.74) is 2.15. The first-order valence-corrected chi connectivity index (χ1v) is 14.0. The van der Waals surface area contributed by atoms with Crippen LogP contribution in [0.5, 0.6) is 5.75 Å². The van der Waals surface area contributed by atoms with Crippen molar-refractivity contribution in [1.29, 1.82) is 0 Å². The van der Waals surface area contributed by atoms with E-state index in [1.807, 2.05) is 30.3 Å². The average molecular weight is 478 g/mol. The Balaban J connectivity index is 1.63. The lowest BCUT2D eigenvalue weighted by molar-refractivity contribution is 0.0784. The van der Waals surface area contributed by atoms with Crippen LogP contribution < -0.4 is 4.74 Å². The van der Waals surface area contributed by atoms with Crippen molar-refractivity contribution in [2.24, 2.45) is 0 Å². The van der Waals surface area contributed by atoms with E-state index in [0.29, 0.717) is 29.2 Å². The topological polar surface area (TPSA) is 49.2 Å². The Morgan fingerprint density at radius 1 is 1.10 bits per heavy atom. The number of ether oxygens (including phenoxy) is 2. The van der Waals surface area contributed by atoms with E-state index in [9.17, 15) is 4.39 Å². The highest BCUT2D eigenvalue weighted by Crippen LogP contribution is 2.28. The van der Waals surface area contributed by atoms with Gasteiger partial charge in [0.1, 0.15) is 17.9 Å². The molecule has 0 bridgehead atoms. The summed E-state index contributed by atoms with van der Waals surface area (Å²) in [6.07, 6.45) is 1.80. The second kappa shape index (κ2) is 9.64. The molecule has 0 spiro atoms. The molecule has 29 heavy (non-hydrogen) atoms. The fourth-order valence-corrected chi connectivity index (χ4v) is 3.85. The normalized spacial score (nSPS) is 11.6. The Morgan fingerprint density at radius 3 is 2.55 bits per heavy atom. The van der Waals surface area contributed by atoms with Crippen LogP contribution >= 0.6 is 15.9 Å². The maximum absolute atomic E-state index is 14.4. The summed E-state index contributed by atoms with van der Waals surface area (Å²) in [7, 11) is -1.12. The summed E-state index contributed by atoms with van der Waals surface area (Å²) in [5, 5.41) is 4.38.